The maximum Gasteiger partial charge on any atom is 0.410 e. The van der Waals surface area contributed by atoms with Gasteiger partial charge in [-0.15, -0.1) is 11.3 Å². The lowest BCUT2D eigenvalue weighted by atomic mass is 9.74. The van der Waals surface area contributed by atoms with E-state index in [0.29, 0.717) is 24.5 Å². The summed E-state index contributed by atoms with van der Waals surface area (Å²) in [6.07, 6.45) is 1.55. The summed E-state index contributed by atoms with van der Waals surface area (Å²) < 4.78 is 5.56. The second-order valence-corrected chi connectivity index (χ2v) is 10.5. The molecule has 2 N–H and O–H groups in total. The number of benzene rings is 1. The summed E-state index contributed by atoms with van der Waals surface area (Å²) in [5, 5.41) is 8.86. The van der Waals surface area contributed by atoms with Crippen LogP contribution in [-0.2, 0) is 16.7 Å². The number of amides is 2. The van der Waals surface area contributed by atoms with Gasteiger partial charge in [-0.25, -0.2) is 10.3 Å². The van der Waals surface area contributed by atoms with Crippen LogP contribution in [0.15, 0.2) is 36.4 Å². The Morgan fingerprint density at radius 1 is 1.16 bits per heavy atom. The zero-order chi connectivity index (χ0) is 22.2. The fraction of sp³-hybridized carbons (Fsp3) is 0.478. The number of likely N-dealkylation sites (tertiary alicyclic amines) is 1. The van der Waals surface area contributed by atoms with Crippen LogP contribution in [0.3, 0.4) is 0 Å². The van der Waals surface area contributed by atoms with Gasteiger partial charge in [0.05, 0.1) is 11.4 Å². The van der Waals surface area contributed by atoms with Gasteiger partial charge < -0.3 is 14.5 Å². The minimum absolute atomic E-state index is 0.0116. The molecular weight excluding hydrogens is 414 g/mol. The zero-order valence-corrected chi connectivity index (χ0v) is 19.0. The van der Waals surface area contributed by atoms with E-state index in [-0.39, 0.29) is 11.5 Å². The first kappa shape index (κ1) is 21.6. The Hall–Kier alpha value is -2.58. The Morgan fingerprint density at radius 2 is 1.87 bits per heavy atom. The Labute approximate surface area is 186 Å². The highest BCUT2D eigenvalue weighted by Crippen LogP contribution is 2.47. The molecule has 4 rings (SSSR count). The molecule has 166 valence electrons. The number of carbonyl (C=O) groups excluding carboxylic acids is 2. The van der Waals surface area contributed by atoms with E-state index in [0.717, 1.165) is 24.3 Å². The van der Waals surface area contributed by atoms with Crippen LogP contribution in [0.2, 0.25) is 0 Å². The number of anilines is 1. The molecule has 2 aromatic rings. The van der Waals surface area contributed by atoms with E-state index in [1.54, 1.807) is 11.5 Å². The average molecular weight is 444 g/mol. The first-order valence-electron chi connectivity index (χ1n) is 10.6. The van der Waals surface area contributed by atoms with Gasteiger partial charge in [0.1, 0.15) is 5.60 Å². The molecule has 1 saturated heterocycles. The highest BCUT2D eigenvalue weighted by Gasteiger charge is 2.45. The van der Waals surface area contributed by atoms with Crippen molar-refractivity contribution in [3.05, 3.63) is 51.7 Å². The minimum atomic E-state index is -0.491. The maximum absolute atomic E-state index is 12.5. The number of hydrogen-bond acceptors (Lipinski definition) is 6. The number of para-hydroxylation sites is 1. The Morgan fingerprint density at radius 3 is 2.55 bits per heavy atom. The monoisotopic (exact) mass is 443 g/mol. The lowest BCUT2D eigenvalue weighted by molar-refractivity contribution is 0.0170. The molecular formula is C23H29N3O4S. The molecule has 1 fully saturated rings. The van der Waals surface area contributed by atoms with E-state index in [1.165, 1.54) is 22.6 Å². The second-order valence-electron chi connectivity index (χ2n) is 9.33. The van der Waals surface area contributed by atoms with Gasteiger partial charge in [-0.3, -0.25) is 10.0 Å². The fourth-order valence-corrected chi connectivity index (χ4v) is 5.49. The molecule has 2 amide bonds. The molecule has 0 radical (unpaired) electrons. The van der Waals surface area contributed by atoms with Gasteiger partial charge in [-0.1, -0.05) is 18.2 Å². The van der Waals surface area contributed by atoms with Crippen molar-refractivity contribution in [3.8, 4) is 0 Å². The first-order chi connectivity index (χ1) is 14.7. The predicted molar refractivity (Wildman–Crippen MR) is 120 cm³/mol. The number of hydrogen-bond donors (Lipinski definition) is 2. The molecule has 1 aromatic heterocycles. The van der Waals surface area contributed by atoms with Gasteiger partial charge in [0.25, 0.3) is 5.91 Å². The summed E-state index contributed by atoms with van der Waals surface area (Å²) in [6.45, 7) is 8.62. The summed E-state index contributed by atoms with van der Waals surface area (Å²) >= 11 is 1.39. The third kappa shape index (κ3) is 4.41. The summed E-state index contributed by atoms with van der Waals surface area (Å²) in [5.74, 6) is -0.482. The standard InChI is InChI=1S/C23H29N3O4S/c1-22(2,3)30-21(28)25-12-10-23(11-13-25)15-26(18-7-5-4-6-17(18)23)14-16-8-9-19(31-16)20(27)24-29/h4-9,29H,10-15H2,1-3H3,(H,24,27). The van der Waals surface area contributed by atoms with E-state index in [2.05, 4.69) is 29.2 Å². The average Bonchev–Trinajstić information content (AvgIpc) is 3.31. The van der Waals surface area contributed by atoms with Gasteiger partial charge in [-0.2, -0.15) is 0 Å². The molecule has 2 aliphatic rings. The van der Waals surface area contributed by atoms with Gasteiger partial charge in [0.15, 0.2) is 0 Å². The third-order valence-corrected chi connectivity index (χ3v) is 7.08. The van der Waals surface area contributed by atoms with Crippen molar-refractivity contribution >= 4 is 29.0 Å². The second kappa shape index (κ2) is 8.16. The quantitative estimate of drug-likeness (QED) is 0.550. The van der Waals surface area contributed by atoms with E-state index >= 15 is 0 Å². The van der Waals surface area contributed by atoms with Crippen LogP contribution in [0, 0.1) is 0 Å². The number of ether oxygens (including phenoxy) is 1. The van der Waals surface area contributed by atoms with Crippen LogP contribution < -0.4 is 10.4 Å². The van der Waals surface area contributed by atoms with Gasteiger partial charge in [0, 0.05) is 35.6 Å². The van der Waals surface area contributed by atoms with Gasteiger partial charge in [0.2, 0.25) is 0 Å². The number of nitrogens with one attached hydrogen (secondary N) is 1. The Bertz CT molecular complexity index is 973. The number of carbonyl (C=O) groups is 2. The topological polar surface area (TPSA) is 82.1 Å². The molecule has 7 nitrogen and oxygen atoms in total. The van der Waals surface area contributed by atoms with Crippen molar-refractivity contribution in [3.63, 3.8) is 0 Å². The zero-order valence-electron chi connectivity index (χ0n) is 18.2. The summed E-state index contributed by atoms with van der Waals surface area (Å²) in [7, 11) is 0. The highest BCUT2D eigenvalue weighted by molar-refractivity contribution is 7.14. The molecule has 1 aromatic carbocycles. The number of piperidine rings is 1. The molecule has 0 bridgehead atoms. The van der Waals surface area contributed by atoms with Crippen molar-refractivity contribution < 1.29 is 19.5 Å². The Balaban J connectivity index is 1.49. The van der Waals surface area contributed by atoms with E-state index in [4.69, 9.17) is 9.94 Å². The minimum Gasteiger partial charge on any atom is -0.444 e. The maximum atomic E-state index is 12.5. The smallest absolute Gasteiger partial charge is 0.410 e. The summed E-state index contributed by atoms with van der Waals surface area (Å²) in [5.41, 5.74) is 3.77. The lowest BCUT2D eigenvalue weighted by Crippen LogP contribution is -2.48. The molecule has 31 heavy (non-hydrogen) atoms. The SMILES string of the molecule is CC(C)(C)OC(=O)N1CCC2(CC1)CN(Cc1ccc(C(=O)NO)s1)c1ccccc12. The summed E-state index contributed by atoms with van der Waals surface area (Å²) in [6, 6.07) is 12.2. The summed E-state index contributed by atoms with van der Waals surface area (Å²) in [4.78, 5) is 29.9. The van der Waals surface area contributed by atoms with Crippen LogP contribution in [-0.4, -0.2) is 47.3 Å². The molecule has 2 aliphatic heterocycles. The molecule has 3 heterocycles. The first-order valence-corrected chi connectivity index (χ1v) is 11.4. The lowest BCUT2D eigenvalue weighted by Gasteiger charge is -2.40. The largest absolute Gasteiger partial charge is 0.444 e. The third-order valence-electron chi connectivity index (χ3n) is 6.02. The van der Waals surface area contributed by atoms with Crippen molar-refractivity contribution in [1.82, 2.24) is 10.4 Å². The van der Waals surface area contributed by atoms with E-state index in [1.807, 2.05) is 31.7 Å². The van der Waals surface area contributed by atoms with E-state index in [9.17, 15) is 9.59 Å². The van der Waals surface area contributed by atoms with Crippen molar-refractivity contribution in [2.45, 2.75) is 51.2 Å². The van der Waals surface area contributed by atoms with Crippen LogP contribution in [0.4, 0.5) is 10.5 Å². The van der Waals surface area contributed by atoms with Gasteiger partial charge >= 0.3 is 6.09 Å². The number of thiophene rings is 1. The normalized spacial score (nSPS) is 17.5. The van der Waals surface area contributed by atoms with Crippen molar-refractivity contribution in [2.24, 2.45) is 0 Å². The predicted octanol–water partition coefficient (Wildman–Crippen LogP) is 4.16. The van der Waals surface area contributed by atoms with Crippen LogP contribution in [0.5, 0.6) is 0 Å². The molecule has 8 heteroatoms. The molecule has 1 spiro atoms. The van der Waals surface area contributed by atoms with Gasteiger partial charge in [-0.05, 0) is 57.4 Å². The molecule has 0 unspecified atom stereocenters. The molecule has 0 saturated carbocycles. The van der Waals surface area contributed by atoms with E-state index < -0.39 is 11.5 Å². The number of nitrogens with zero attached hydrogens (tertiary/aromatic N) is 2. The van der Waals surface area contributed by atoms with Crippen LogP contribution in [0.25, 0.3) is 0 Å². The number of rotatable bonds is 3. The fourth-order valence-electron chi connectivity index (χ4n) is 4.57. The van der Waals surface area contributed by atoms with Crippen LogP contribution in [0.1, 0.15) is 53.7 Å². The van der Waals surface area contributed by atoms with Crippen LogP contribution >= 0.6 is 11.3 Å². The highest BCUT2D eigenvalue weighted by atomic mass is 32.1. The van der Waals surface area contributed by atoms with Crippen molar-refractivity contribution in [1.29, 1.82) is 0 Å². The molecule has 0 aliphatic carbocycles. The number of fused-ring (bicyclic) bond motifs is 2. The number of hydroxylamine groups is 1. The van der Waals surface area contributed by atoms with Crippen molar-refractivity contribution in [2.75, 3.05) is 24.5 Å². The Kier molecular flexibility index (Phi) is 5.70. The molecule has 0 atom stereocenters.